The van der Waals surface area contributed by atoms with E-state index in [0.29, 0.717) is 11.7 Å². The summed E-state index contributed by atoms with van der Waals surface area (Å²) in [6, 6.07) is 16.2. The Morgan fingerprint density at radius 1 is 0.875 bits per heavy atom. The molecule has 2 aliphatic rings. The Labute approximate surface area is 143 Å². The van der Waals surface area contributed by atoms with Crippen LogP contribution in [-0.4, -0.2) is 5.11 Å². The molecule has 4 rings (SSSR count). The Morgan fingerprint density at radius 3 is 2.50 bits per heavy atom. The number of allylic oxidation sites excluding steroid dienone is 7. The van der Waals surface area contributed by atoms with Crippen molar-refractivity contribution in [3.8, 4) is 5.75 Å². The standard InChI is InChI=1S/C23H20O/c24-20-15-13-19(14-16-20)23-21-11-5-4-9-18(21)10-6-12-22(23)17-7-2-1-3-8-17/h1-7,9,11-17,24H,8,10H2. The van der Waals surface area contributed by atoms with Gasteiger partial charge in [-0.25, -0.2) is 0 Å². The number of hydrogen-bond acceptors (Lipinski definition) is 1. The van der Waals surface area contributed by atoms with Crippen molar-refractivity contribution in [1.29, 1.82) is 0 Å². The van der Waals surface area contributed by atoms with Gasteiger partial charge in [0, 0.05) is 5.92 Å². The molecule has 1 unspecified atom stereocenters. The summed E-state index contributed by atoms with van der Waals surface area (Å²) in [6.07, 6.45) is 15.3. The Morgan fingerprint density at radius 2 is 1.71 bits per heavy atom. The second-order valence-corrected chi connectivity index (χ2v) is 6.30. The van der Waals surface area contributed by atoms with Gasteiger partial charge in [0.2, 0.25) is 0 Å². The van der Waals surface area contributed by atoms with E-state index < -0.39 is 0 Å². The Kier molecular flexibility index (Phi) is 3.92. The topological polar surface area (TPSA) is 20.2 Å². The molecule has 0 bridgehead atoms. The minimum atomic E-state index is 0.304. The SMILES string of the molecule is Oc1ccc(C2=C(C3C=CC=CC3)C=CCc3ccccc32)cc1. The molecule has 2 aliphatic carbocycles. The van der Waals surface area contributed by atoms with Gasteiger partial charge in [0.1, 0.15) is 5.75 Å². The molecular formula is C23H20O. The average molecular weight is 312 g/mol. The van der Waals surface area contributed by atoms with Crippen LogP contribution >= 0.6 is 0 Å². The third kappa shape index (κ3) is 2.74. The first-order valence-corrected chi connectivity index (χ1v) is 8.44. The van der Waals surface area contributed by atoms with Crippen molar-refractivity contribution in [1.82, 2.24) is 0 Å². The van der Waals surface area contributed by atoms with Gasteiger partial charge in [0.25, 0.3) is 0 Å². The minimum absolute atomic E-state index is 0.304. The summed E-state index contributed by atoms with van der Waals surface area (Å²) in [4.78, 5) is 0. The quantitative estimate of drug-likeness (QED) is 0.783. The molecule has 0 fully saturated rings. The monoisotopic (exact) mass is 312 g/mol. The number of rotatable bonds is 2. The summed E-state index contributed by atoms with van der Waals surface area (Å²) < 4.78 is 0. The second-order valence-electron chi connectivity index (χ2n) is 6.30. The van der Waals surface area contributed by atoms with E-state index in [1.807, 2.05) is 12.1 Å². The van der Waals surface area contributed by atoms with E-state index in [1.165, 1.54) is 22.3 Å². The second kappa shape index (κ2) is 6.37. The van der Waals surface area contributed by atoms with Crippen LogP contribution in [-0.2, 0) is 6.42 Å². The van der Waals surface area contributed by atoms with Crippen LogP contribution in [0.5, 0.6) is 5.75 Å². The van der Waals surface area contributed by atoms with Gasteiger partial charge in [0.05, 0.1) is 0 Å². The molecule has 1 atom stereocenters. The van der Waals surface area contributed by atoms with Crippen molar-refractivity contribution < 1.29 is 5.11 Å². The molecule has 0 aromatic heterocycles. The number of phenolic OH excluding ortho intramolecular Hbond substituents is 1. The van der Waals surface area contributed by atoms with Crippen molar-refractivity contribution in [2.75, 3.05) is 0 Å². The Balaban J connectivity index is 1.96. The molecule has 0 saturated heterocycles. The highest BCUT2D eigenvalue weighted by atomic mass is 16.3. The molecule has 0 radical (unpaired) electrons. The van der Waals surface area contributed by atoms with Crippen molar-refractivity contribution in [2.24, 2.45) is 5.92 Å². The average Bonchev–Trinajstić information content (AvgIpc) is 2.83. The molecule has 2 aromatic rings. The molecule has 24 heavy (non-hydrogen) atoms. The molecule has 118 valence electrons. The smallest absolute Gasteiger partial charge is 0.115 e. The zero-order chi connectivity index (χ0) is 16.4. The van der Waals surface area contributed by atoms with Crippen molar-refractivity contribution in [2.45, 2.75) is 12.8 Å². The summed E-state index contributed by atoms with van der Waals surface area (Å²) in [6.45, 7) is 0. The van der Waals surface area contributed by atoms with Gasteiger partial charge < -0.3 is 5.11 Å². The predicted octanol–water partition coefficient (Wildman–Crippen LogP) is 5.44. The highest BCUT2D eigenvalue weighted by molar-refractivity contribution is 5.86. The zero-order valence-electron chi connectivity index (χ0n) is 13.5. The maximum absolute atomic E-state index is 9.67. The van der Waals surface area contributed by atoms with Crippen molar-refractivity contribution in [3.63, 3.8) is 0 Å². The molecule has 0 aliphatic heterocycles. The normalized spacial score (nSPS) is 19.2. The van der Waals surface area contributed by atoms with Gasteiger partial charge in [-0.05, 0) is 52.8 Å². The van der Waals surface area contributed by atoms with Gasteiger partial charge in [-0.1, -0.05) is 72.9 Å². The molecule has 0 spiro atoms. The third-order valence-corrected chi connectivity index (χ3v) is 4.75. The number of fused-ring (bicyclic) bond motifs is 1. The number of phenols is 1. The largest absolute Gasteiger partial charge is 0.508 e. The van der Waals surface area contributed by atoms with E-state index in [9.17, 15) is 5.11 Å². The van der Waals surface area contributed by atoms with Gasteiger partial charge >= 0.3 is 0 Å². The lowest BCUT2D eigenvalue weighted by Gasteiger charge is -2.21. The summed E-state index contributed by atoms with van der Waals surface area (Å²) in [5.41, 5.74) is 6.44. The third-order valence-electron chi connectivity index (χ3n) is 4.75. The van der Waals surface area contributed by atoms with Gasteiger partial charge in [-0.2, -0.15) is 0 Å². The van der Waals surface area contributed by atoms with Crippen LogP contribution in [0.2, 0.25) is 0 Å². The first-order valence-electron chi connectivity index (χ1n) is 8.44. The fraction of sp³-hybridized carbons (Fsp3) is 0.130. The Bertz CT molecular complexity index is 863. The molecule has 0 saturated carbocycles. The highest BCUT2D eigenvalue weighted by Gasteiger charge is 2.20. The number of hydrogen-bond donors (Lipinski definition) is 1. The molecule has 2 aromatic carbocycles. The van der Waals surface area contributed by atoms with E-state index >= 15 is 0 Å². The lowest BCUT2D eigenvalue weighted by atomic mass is 9.83. The van der Waals surface area contributed by atoms with Crippen molar-refractivity contribution >= 4 is 5.57 Å². The minimum Gasteiger partial charge on any atom is -0.508 e. The maximum Gasteiger partial charge on any atom is 0.115 e. The van der Waals surface area contributed by atoms with E-state index in [0.717, 1.165) is 18.4 Å². The number of aromatic hydroxyl groups is 1. The molecular weight excluding hydrogens is 292 g/mol. The van der Waals surface area contributed by atoms with Gasteiger partial charge in [-0.3, -0.25) is 0 Å². The molecule has 1 heteroatoms. The van der Waals surface area contributed by atoms with Crippen molar-refractivity contribution in [3.05, 3.63) is 107 Å². The van der Waals surface area contributed by atoms with E-state index in [-0.39, 0.29) is 0 Å². The summed E-state index contributed by atoms with van der Waals surface area (Å²) >= 11 is 0. The van der Waals surface area contributed by atoms with Crippen LogP contribution in [0.4, 0.5) is 0 Å². The van der Waals surface area contributed by atoms with Crippen LogP contribution < -0.4 is 0 Å². The molecule has 0 heterocycles. The van der Waals surface area contributed by atoms with Crippen LogP contribution in [0.1, 0.15) is 23.1 Å². The summed E-state index contributed by atoms with van der Waals surface area (Å²) in [7, 11) is 0. The van der Waals surface area contributed by atoms with E-state index in [1.54, 1.807) is 12.1 Å². The first kappa shape index (κ1) is 14.8. The summed E-state index contributed by atoms with van der Waals surface area (Å²) in [5, 5.41) is 9.67. The highest BCUT2D eigenvalue weighted by Crippen LogP contribution is 2.38. The zero-order valence-corrected chi connectivity index (χ0v) is 13.5. The number of benzene rings is 2. The fourth-order valence-corrected chi connectivity index (χ4v) is 3.56. The van der Waals surface area contributed by atoms with E-state index in [2.05, 4.69) is 60.7 Å². The summed E-state index contributed by atoms with van der Waals surface area (Å²) in [5.74, 6) is 0.694. The Hall–Kier alpha value is -2.80. The van der Waals surface area contributed by atoms with E-state index in [4.69, 9.17) is 0 Å². The van der Waals surface area contributed by atoms with Crippen LogP contribution in [0, 0.1) is 5.92 Å². The van der Waals surface area contributed by atoms with Gasteiger partial charge in [-0.15, -0.1) is 0 Å². The predicted molar refractivity (Wildman–Crippen MR) is 99.8 cm³/mol. The van der Waals surface area contributed by atoms with Crippen LogP contribution in [0.3, 0.4) is 0 Å². The molecule has 1 nitrogen and oxygen atoms in total. The molecule has 1 N–H and O–H groups in total. The molecule has 0 amide bonds. The lowest BCUT2D eigenvalue weighted by molar-refractivity contribution is 0.475. The fourth-order valence-electron chi connectivity index (χ4n) is 3.56. The van der Waals surface area contributed by atoms with Gasteiger partial charge in [0.15, 0.2) is 0 Å². The van der Waals surface area contributed by atoms with Crippen LogP contribution in [0.25, 0.3) is 5.57 Å². The first-order chi connectivity index (χ1) is 11.8. The lowest BCUT2D eigenvalue weighted by Crippen LogP contribution is -2.05. The van der Waals surface area contributed by atoms with Crippen LogP contribution in [0.15, 0.2) is 90.6 Å². The maximum atomic E-state index is 9.67.